The van der Waals surface area contributed by atoms with Crippen molar-refractivity contribution in [1.29, 1.82) is 0 Å². The first-order chi connectivity index (χ1) is 21.9. The van der Waals surface area contributed by atoms with E-state index < -0.39 is 48.3 Å². The first-order valence-electron chi connectivity index (χ1n) is 15.7. The van der Waals surface area contributed by atoms with E-state index in [-0.39, 0.29) is 48.0 Å². The van der Waals surface area contributed by atoms with Crippen LogP contribution in [0.25, 0.3) is 0 Å². The van der Waals surface area contributed by atoms with Crippen LogP contribution < -0.4 is 20.7 Å². The molecule has 3 aliphatic heterocycles. The van der Waals surface area contributed by atoms with Crippen LogP contribution in [0.2, 0.25) is 0 Å². The van der Waals surface area contributed by atoms with Crippen molar-refractivity contribution in [2.75, 3.05) is 39.5 Å². The predicted octanol–water partition coefficient (Wildman–Crippen LogP) is 1.38. The second-order valence-electron chi connectivity index (χ2n) is 13.0. The van der Waals surface area contributed by atoms with Gasteiger partial charge < -0.3 is 35.3 Å². The third-order valence-electron chi connectivity index (χ3n) is 9.15. The molecule has 252 valence electrons. The Kier molecular flexibility index (Phi) is 10.4. The number of halogens is 2. The number of carbonyl (C=O) groups is 4. The Labute approximate surface area is 266 Å². The van der Waals surface area contributed by atoms with Crippen LogP contribution in [-0.2, 0) is 28.7 Å². The number of allylic oxidation sites excluding steroid dienone is 1. The van der Waals surface area contributed by atoms with Crippen molar-refractivity contribution in [3.05, 3.63) is 41.5 Å². The van der Waals surface area contributed by atoms with Gasteiger partial charge in [0, 0.05) is 12.0 Å². The van der Waals surface area contributed by atoms with Gasteiger partial charge in [-0.25, -0.2) is 0 Å². The highest BCUT2D eigenvalue weighted by Crippen LogP contribution is 2.37. The number of likely N-dealkylation sites (tertiary alicyclic amines) is 1. The number of nitrogens with one attached hydrogen (secondary N) is 3. The van der Waals surface area contributed by atoms with Crippen molar-refractivity contribution in [2.24, 2.45) is 5.41 Å². The maximum Gasteiger partial charge on any atom is 0.387 e. The zero-order valence-corrected chi connectivity index (χ0v) is 26.1. The molecule has 5 atom stereocenters. The number of hydrogen-bond donors (Lipinski definition) is 4. The number of aliphatic hydroxyl groups excluding tert-OH is 1. The number of benzene rings is 1. The van der Waals surface area contributed by atoms with Gasteiger partial charge in [0.15, 0.2) is 5.78 Å². The van der Waals surface area contributed by atoms with Crippen LogP contribution in [0.1, 0.15) is 57.6 Å². The van der Waals surface area contributed by atoms with E-state index in [4.69, 9.17) is 9.47 Å². The molecule has 0 bridgehead atoms. The van der Waals surface area contributed by atoms with Crippen molar-refractivity contribution < 1.29 is 47.3 Å². The molecule has 12 nitrogen and oxygen atoms in total. The molecule has 0 unspecified atom stereocenters. The van der Waals surface area contributed by atoms with Gasteiger partial charge in [-0.2, -0.15) is 8.78 Å². The Morgan fingerprint density at radius 2 is 1.78 bits per heavy atom. The topological polar surface area (TPSA) is 159 Å². The fraction of sp³-hybridized carbons (Fsp3) is 0.625. The summed E-state index contributed by atoms with van der Waals surface area (Å²) in [5.74, 6) is -2.43. The van der Waals surface area contributed by atoms with E-state index in [1.165, 1.54) is 31.2 Å². The summed E-state index contributed by atoms with van der Waals surface area (Å²) in [4.78, 5) is 55.2. The summed E-state index contributed by atoms with van der Waals surface area (Å²) in [6, 6.07) is 1.34. The molecule has 5 rings (SSSR count). The van der Waals surface area contributed by atoms with Gasteiger partial charge in [-0.1, -0.05) is 23.8 Å². The molecule has 1 aromatic rings. The maximum atomic E-state index is 13.8. The van der Waals surface area contributed by atoms with E-state index in [0.29, 0.717) is 13.2 Å². The molecule has 46 heavy (non-hydrogen) atoms. The minimum Gasteiger partial charge on any atom is -0.435 e. The van der Waals surface area contributed by atoms with Gasteiger partial charge in [-0.05, 0) is 70.2 Å². The summed E-state index contributed by atoms with van der Waals surface area (Å²) in [6.45, 7) is 3.19. The molecule has 1 aromatic carbocycles. The monoisotopic (exact) mass is 648 g/mol. The maximum absolute atomic E-state index is 13.8. The molecule has 3 heterocycles. The zero-order valence-electron chi connectivity index (χ0n) is 26.1. The van der Waals surface area contributed by atoms with Gasteiger partial charge in [0.25, 0.3) is 0 Å². The minimum absolute atomic E-state index is 0.0967. The lowest BCUT2D eigenvalue weighted by molar-refractivity contribution is -0.136. The molecule has 4 aliphatic rings. The number of ether oxygens (including phenoxy) is 3. The average molecular weight is 649 g/mol. The summed E-state index contributed by atoms with van der Waals surface area (Å²) in [7, 11) is 0. The second-order valence-corrected chi connectivity index (χ2v) is 13.0. The van der Waals surface area contributed by atoms with Gasteiger partial charge in [0.05, 0.1) is 32.4 Å². The average Bonchev–Trinajstić information content (AvgIpc) is 3.34. The second kappa shape index (κ2) is 14.1. The van der Waals surface area contributed by atoms with Crippen LogP contribution in [0.3, 0.4) is 0 Å². The van der Waals surface area contributed by atoms with Gasteiger partial charge in [0.1, 0.15) is 29.5 Å². The number of hydrogen-bond acceptors (Lipinski definition) is 9. The van der Waals surface area contributed by atoms with E-state index in [9.17, 15) is 33.1 Å². The van der Waals surface area contributed by atoms with E-state index in [0.717, 1.165) is 44.3 Å². The fourth-order valence-electron chi connectivity index (χ4n) is 6.22. The smallest absolute Gasteiger partial charge is 0.387 e. The summed E-state index contributed by atoms with van der Waals surface area (Å²) in [5.41, 5.74) is 0.207. The predicted molar refractivity (Wildman–Crippen MR) is 160 cm³/mol. The first kappa shape index (κ1) is 33.9. The summed E-state index contributed by atoms with van der Waals surface area (Å²) in [6.07, 6.45) is 4.19. The molecule has 1 spiro atoms. The van der Waals surface area contributed by atoms with Crippen LogP contribution >= 0.6 is 0 Å². The molecule has 0 radical (unpaired) electrons. The molecular weight excluding hydrogens is 606 g/mol. The van der Waals surface area contributed by atoms with E-state index in [1.54, 1.807) is 6.92 Å². The number of ketones is 1. The highest BCUT2D eigenvalue weighted by atomic mass is 19.3. The number of nitrogens with zero attached hydrogens (tertiary/aromatic N) is 1. The highest BCUT2D eigenvalue weighted by molar-refractivity contribution is 5.98. The zero-order chi connectivity index (χ0) is 33.1. The lowest BCUT2D eigenvalue weighted by atomic mass is 9.85. The Morgan fingerprint density at radius 3 is 2.35 bits per heavy atom. The number of epoxide rings is 1. The Morgan fingerprint density at radius 1 is 1.07 bits per heavy atom. The molecule has 3 amide bonds. The first-order valence-corrected chi connectivity index (χ1v) is 15.7. The summed E-state index contributed by atoms with van der Waals surface area (Å²) >= 11 is 0. The summed E-state index contributed by atoms with van der Waals surface area (Å²) in [5, 5.41) is 19.2. The molecule has 0 saturated carbocycles. The minimum atomic E-state index is -3.05. The summed E-state index contributed by atoms with van der Waals surface area (Å²) < 4.78 is 40.4. The quantitative estimate of drug-likeness (QED) is 0.163. The number of amides is 3. The van der Waals surface area contributed by atoms with Crippen molar-refractivity contribution in [2.45, 2.75) is 82.4 Å². The van der Waals surface area contributed by atoms with Crippen LogP contribution in [0.5, 0.6) is 5.75 Å². The molecule has 14 heteroatoms. The third-order valence-corrected chi connectivity index (χ3v) is 9.15. The van der Waals surface area contributed by atoms with Crippen molar-refractivity contribution in [3.63, 3.8) is 0 Å². The number of aliphatic hydroxyl groups is 1. The normalized spacial score (nSPS) is 24.3. The van der Waals surface area contributed by atoms with Gasteiger partial charge in [0.2, 0.25) is 17.7 Å². The van der Waals surface area contributed by atoms with Gasteiger partial charge in [-0.15, -0.1) is 0 Å². The number of alkyl halides is 2. The van der Waals surface area contributed by atoms with Crippen LogP contribution in [0.4, 0.5) is 8.78 Å². The van der Waals surface area contributed by atoms with Gasteiger partial charge in [-0.3, -0.25) is 24.1 Å². The molecule has 0 aromatic heterocycles. The van der Waals surface area contributed by atoms with Crippen LogP contribution in [0, 0.1) is 5.41 Å². The van der Waals surface area contributed by atoms with Crippen molar-refractivity contribution in [1.82, 2.24) is 20.9 Å². The van der Waals surface area contributed by atoms with Crippen molar-refractivity contribution in [3.8, 4) is 5.75 Å². The number of carbonyl (C=O) groups excluding carboxylic acids is 4. The van der Waals surface area contributed by atoms with Crippen molar-refractivity contribution >= 4 is 23.5 Å². The standard InChI is InChI=1S/C32H42F2N4O8/c1-19(35-24(39)14-38-12-11-32(15-38)17-44-18-32)28(42)37-25(26(40)21-7-9-22(10-8-21)46-30(33)34)29(43)36-23(13-20-5-3-4-6-20)27(41)31(2)16-45-31/h5,7-10,19,23,25-26,30,40H,3-4,6,11-18H2,1-2H3,(H,35,39)(H,36,43)(H,37,42)/t19-,23-,25-,26+,31+/m0/s1. The molecule has 3 saturated heterocycles. The van der Waals surface area contributed by atoms with Crippen LogP contribution in [-0.4, -0.2) is 103 Å². The number of Topliss-reactive ketones (excluding diaryl/α,β-unsaturated/α-hetero) is 1. The Bertz CT molecular complexity index is 1330. The molecule has 3 fully saturated rings. The SMILES string of the molecule is C[C@H](NC(=O)CN1CCC2(COC2)C1)C(=O)N[C@H](C(=O)N[C@@H](CC1=CCCC1)C(=O)[C@@]1(C)CO1)[C@H](O)c1ccc(OC(F)F)cc1. The van der Waals surface area contributed by atoms with Gasteiger partial charge >= 0.3 is 6.61 Å². The largest absolute Gasteiger partial charge is 0.435 e. The van der Waals surface area contributed by atoms with E-state index in [1.807, 2.05) is 11.0 Å². The van der Waals surface area contributed by atoms with E-state index in [2.05, 4.69) is 20.7 Å². The highest BCUT2D eigenvalue weighted by Gasteiger charge is 2.50. The lowest BCUT2D eigenvalue weighted by Crippen LogP contribution is -2.58. The fourth-order valence-corrected chi connectivity index (χ4v) is 6.22. The van der Waals surface area contributed by atoms with Crippen LogP contribution in [0.15, 0.2) is 35.9 Å². The Hall–Kier alpha value is -3.46. The Balaban J connectivity index is 1.28. The third kappa shape index (κ3) is 8.27. The molecular formula is C32H42F2N4O8. The molecule has 4 N–H and O–H groups in total. The number of rotatable bonds is 15. The lowest BCUT2D eigenvalue weighted by Gasteiger charge is -2.37. The van der Waals surface area contributed by atoms with E-state index >= 15 is 0 Å². The molecule has 1 aliphatic carbocycles.